The van der Waals surface area contributed by atoms with Gasteiger partial charge >= 0.3 is 5.97 Å². The van der Waals surface area contributed by atoms with Crippen LogP contribution in [0.15, 0.2) is 36.4 Å². The van der Waals surface area contributed by atoms with Gasteiger partial charge in [0.2, 0.25) is 0 Å². The zero-order valence-corrected chi connectivity index (χ0v) is 13.7. The molecule has 0 amide bonds. The summed E-state index contributed by atoms with van der Waals surface area (Å²) in [7, 11) is 4.56. The SMILES string of the molecule is COC(=O)c1ccc(OCc2cc(OC)c(OC)cc2C)cc1. The van der Waals surface area contributed by atoms with Gasteiger partial charge in [0, 0.05) is 0 Å². The number of methoxy groups -OCH3 is 3. The molecule has 0 spiro atoms. The van der Waals surface area contributed by atoms with E-state index >= 15 is 0 Å². The van der Waals surface area contributed by atoms with Crippen LogP contribution in [0, 0.1) is 6.92 Å². The number of ether oxygens (including phenoxy) is 4. The first-order valence-electron chi connectivity index (χ1n) is 7.11. The van der Waals surface area contributed by atoms with Crippen LogP contribution >= 0.6 is 0 Å². The Labute approximate surface area is 135 Å². The Kier molecular flexibility index (Phi) is 5.46. The Balaban J connectivity index is 2.10. The van der Waals surface area contributed by atoms with Gasteiger partial charge in [-0.2, -0.15) is 0 Å². The molecule has 0 radical (unpaired) electrons. The van der Waals surface area contributed by atoms with Crippen molar-refractivity contribution in [3.8, 4) is 17.2 Å². The second kappa shape index (κ2) is 7.54. The summed E-state index contributed by atoms with van der Waals surface area (Å²) in [4.78, 5) is 11.4. The van der Waals surface area contributed by atoms with Crippen molar-refractivity contribution in [2.75, 3.05) is 21.3 Å². The number of carbonyl (C=O) groups is 1. The quantitative estimate of drug-likeness (QED) is 0.765. The minimum Gasteiger partial charge on any atom is -0.493 e. The minimum absolute atomic E-state index is 0.368. The third-order valence-electron chi connectivity index (χ3n) is 3.51. The van der Waals surface area contributed by atoms with Gasteiger partial charge in [0.15, 0.2) is 11.5 Å². The highest BCUT2D eigenvalue weighted by molar-refractivity contribution is 5.89. The van der Waals surface area contributed by atoms with E-state index in [0.29, 0.717) is 29.4 Å². The van der Waals surface area contributed by atoms with E-state index in [2.05, 4.69) is 4.74 Å². The van der Waals surface area contributed by atoms with Gasteiger partial charge in [-0.1, -0.05) is 0 Å². The fourth-order valence-electron chi connectivity index (χ4n) is 2.14. The number of aryl methyl sites for hydroxylation is 1. The standard InChI is InChI=1S/C18H20O5/c1-12-9-16(20-2)17(21-3)10-14(12)11-23-15-7-5-13(6-8-15)18(19)22-4/h5-10H,11H2,1-4H3. The molecule has 2 aromatic carbocycles. The molecule has 0 N–H and O–H groups in total. The highest BCUT2D eigenvalue weighted by Gasteiger charge is 2.10. The Morgan fingerprint density at radius 3 is 2.13 bits per heavy atom. The van der Waals surface area contributed by atoms with E-state index in [9.17, 15) is 4.79 Å². The maximum atomic E-state index is 11.4. The summed E-state index contributed by atoms with van der Waals surface area (Å²) in [5.41, 5.74) is 2.54. The maximum absolute atomic E-state index is 11.4. The van der Waals surface area contributed by atoms with Crippen LogP contribution in [0.3, 0.4) is 0 Å². The van der Waals surface area contributed by atoms with Gasteiger partial charge in [-0.15, -0.1) is 0 Å². The molecule has 0 bridgehead atoms. The van der Waals surface area contributed by atoms with Crippen molar-refractivity contribution >= 4 is 5.97 Å². The maximum Gasteiger partial charge on any atom is 0.337 e. The van der Waals surface area contributed by atoms with Crippen molar-refractivity contribution in [1.29, 1.82) is 0 Å². The molecule has 0 aliphatic carbocycles. The number of rotatable bonds is 6. The molecule has 0 aromatic heterocycles. The van der Waals surface area contributed by atoms with Crippen LogP contribution in [0.4, 0.5) is 0 Å². The summed E-state index contributed by atoms with van der Waals surface area (Å²) in [6, 6.07) is 10.6. The molecule has 2 aromatic rings. The molecule has 0 heterocycles. The second-order valence-corrected chi connectivity index (χ2v) is 4.94. The van der Waals surface area contributed by atoms with Gasteiger partial charge in [-0.25, -0.2) is 4.79 Å². The average Bonchev–Trinajstić information content (AvgIpc) is 2.60. The third kappa shape index (κ3) is 3.94. The first-order valence-corrected chi connectivity index (χ1v) is 7.11. The van der Waals surface area contributed by atoms with Crippen molar-refractivity contribution in [3.05, 3.63) is 53.1 Å². The Hall–Kier alpha value is -2.69. The van der Waals surface area contributed by atoms with Crippen molar-refractivity contribution in [2.24, 2.45) is 0 Å². The zero-order chi connectivity index (χ0) is 16.8. The van der Waals surface area contributed by atoms with Crippen molar-refractivity contribution < 1.29 is 23.7 Å². The first-order chi connectivity index (χ1) is 11.1. The van der Waals surface area contributed by atoms with Crippen LogP contribution in [0.2, 0.25) is 0 Å². The lowest BCUT2D eigenvalue weighted by Gasteiger charge is -2.13. The van der Waals surface area contributed by atoms with Crippen LogP contribution in [0.5, 0.6) is 17.2 Å². The molecule has 0 fully saturated rings. The van der Waals surface area contributed by atoms with Gasteiger partial charge in [0.1, 0.15) is 12.4 Å². The molecular formula is C18H20O5. The average molecular weight is 316 g/mol. The molecule has 23 heavy (non-hydrogen) atoms. The van der Waals surface area contributed by atoms with E-state index in [0.717, 1.165) is 11.1 Å². The summed E-state index contributed by atoms with van der Waals surface area (Å²) in [5, 5.41) is 0. The van der Waals surface area contributed by atoms with Crippen LogP contribution < -0.4 is 14.2 Å². The molecule has 0 saturated carbocycles. The smallest absolute Gasteiger partial charge is 0.337 e. The Morgan fingerprint density at radius 1 is 0.957 bits per heavy atom. The van der Waals surface area contributed by atoms with Crippen LogP contribution in [0.1, 0.15) is 21.5 Å². The number of carbonyl (C=O) groups excluding carboxylic acids is 1. The first kappa shape index (κ1) is 16.7. The van der Waals surface area contributed by atoms with E-state index < -0.39 is 0 Å². The summed E-state index contributed by atoms with van der Waals surface area (Å²) in [5.74, 6) is 1.66. The van der Waals surface area contributed by atoms with Gasteiger partial charge in [-0.3, -0.25) is 0 Å². The highest BCUT2D eigenvalue weighted by Crippen LogP contribution is 2.30. The largest absolute Gasteiger partial charge is 0.493 e. The fraction of sp³-hybridized carbons (Fsp3) is 0.278. The fourth-order valence-corrected chi connectivity index (χ4v) is 2.14. The van der Waals surface area contributed by atoms with Gasteiger partial charge < -0.3 is 18.9 Å². The lowest BCUT2D eigenvalue weighted by molar-refractivity contribution is 0.0600. The Morgan fingerprint density at radius 2 is 1.57 bits per heavy atom. The second-order valence-electron chi connectivity index (χ2n) is 4.94. The molecule has 122 valence electrons. The molecule has 2 rings (SSSR count). The van der Waals surface area contributed by atoms with E-state index in [1.54, 1.807) is 38.5 Å². The van der Waals surface area contributed by atoms with E-state index in [-0.39, 0.29) is 5.97 Å². The zero-order valence-electron chi connectivity index (χ0n) is 13.7. The third-order valence-corrected chi connectivity index (χ3v) is 3.51. The van der Waals surface area contributed by atoms with Crippen molar-refractivity contribution in [2.45, 2.75) is 13.5 Å². The van der Waals surface area contributed by atoms with E-state index in [1.165, 1.54) is 7.11 Å². The molecule has 0 saturated heterocycles. The highest BCUT2D eigenvalue weighted by atomic mass is 16.5. The van der Waals surface area contributed by atoms with Crippen LogP contribution in [-0.4, -0.2) is 27.3 Å². The van der Waals surface area contributed by atoms with Crippen LogP contribution in [-0.2, 0) is 11.3 Å². The number of hydrogen-bond acceptors (Lipinski definition) is 5. The lowest BCUT2D eigenvalue weighted by atomic mass is 10.1. The van der Waals surface area contributed by atoms with Gasteiger partial charge in [-0.05, 0) is 54.4 Å². The lowest BCUT2D eigenvalue weighted by Crippen LogP contribution is -2.02. The minimum atomic E-state index is -0.368. The molecular weight excluding hydrogens is 296 g/mol. The topological polar surface area (TPSA) is 54.0 Å². The summed E-state index contributed by atoms with van der Waals surface area (Å²) < 4.78 is 21.0. The van der Waals surface area contributed by atoms with Gasteiger partial charge in [0.25, 0.3) is 0 Å². The van der Waals surface area contributed by atoms with E-state index in [4.69, 9.17) is 14.2 Å². The van der Waals surface area contributed by atoms with Crippen molar-refractivity contribution in [3.63, 3.8) is 0 Å². The summed E-state index contributed by atoms with van der Waals surface area (Å²) >= 11 is 0. The predicted molar refractivity (Wildman–Crippen MR) is 86.4 cm³/mol. The molecule has 0 aliphatic heterocycles. The normalized spacial score (nSPS) is 10.1. The summed E-state index contributed by atoms with van der Waals surface area (Å²) in [6.07, 6.45) is 0. The number of esters is 1. The van der Waals surface area contributed by atoms with Crippen LogP contribution in [0.25, 0.3) is 0 Å². The number of benzene rings is 2. The Bertz CT molecular complexity index is 677. The van der Waals surface area contributed by atoms with E-state index in [1.807, 2.05) is 19.1 Å². The molecule has 5 nitrogen and oxygen atoms in total. The van der Waals surface area contributed by atoms with Crippen molar-refractivity contribution in [1.82, 2.24) is 0 Å². The molecule has 0 unspecified atom stereocenters. The molecule has 0 aliphatic rings. The number of hydrogen-bond donors (Lipinski definition) is 0. The monoisotopic (exact) mass is 316 g/mol. The molecule has 0 atom stereocenters. The predicted octanol–water partition coefficient (Wildman–Crippen LogP) is 3.38. The molecule has 5 heteroatoms. The van der Waals surface area contributed by atoms with Gasteiger partial charge in [0.05, 0.1) is 26.9 Å². The summed E-state index contributed by atoms with van der Waals surface area (Å²) in [6.45, 7) is 2.38.